The van der Waals surface area contributed by atoms with Crippen LogP contribution in [-0.2, 0) is 0 Å². The summed E-state index contributed by atoms with van der Waals surface area (Å²) in [7, 11) is 0. The summed E-state index contributed by atoms with van der Waals surface area (Å²) in [6, 6.07) is 4.28. The predicted octanol–water partition coefficient (Wildman–Crippen LogP) is 3.54. The third-order valence-electron chi connectivity index (χ3n) is 4.38. The molecule has 0 aliphatic heterocycles. The second kappa shape index (κ2) is 9.06. The van der Waals surface area contributed by atoms with E-state index in [0.717, 1.165) is 31.6 Å². The van der Waals surface area contributed by atoms with Crippen molar-refractivity contribution in [1.82, 2.24) is 0 Å². The molecule has 1 aromatic carbocycles. The highest BCUT2D eigenvalue weighted by Crippen LogP contribution is 2.34. The first kappa shape index (κ1) is 18.0. The fraction of sp³-hybridized carbons (Fsp3) is 0.667. The second-order valence-corrected chi connectivity index (χ2v) is 5.88. The highest BCUT2D eigenvalue weighted by molar-refractivity contribution is 5.45. The summed E-state index contributed by atoms with van der Waals surface area (Å²) in [6.07, 6.45) is 3.03. The van der Waals surface area contributed by atoms with Crippen molar-refractivity contribution in [2.24, 2.45) is 11.7 Å². The number of ether oxygens (including phenoxy) is 1. The number of hydrogen-bond donors (Lipinski definition) is 2. The lowest BCUT2D eigenvalue weighted by Gasteiger charge is -2.24. The van der Waals surface area contributed by atoms with Crippen LogP contribution < -0.4 is 10.5 Å². The normalized spacial score (nSPS) is 14.0. The Kier molecular flexibility index (Phi) is 7.76. The van der Waals surface area contributed by atoms with Crippen LogP contribution in [0, 0.1) is 19.8 Å². The molecule has 0 saturated heterocycles. The number of hydrogen-bond acceptors (Lipinski definition) is 3. The van der Waals surface area contributed by atoms with Crippen LogP contribution in [0.3, 0.4) is 0 Å². The molecule has 120 valence electrons. The molecule has 2 atom stereocenters. The first-order valence-electron chi connectivity index (χ1n) is 8.12. The maximum atomic E-state index is 9.38. The summed E-state index contributed by atoms with van der Waals surface area (Å²) >= 11 is 0. The van der Waals surface area contributed by atoms with Crippen molar-refractivity contribution in [2.75, 3.05) is 19.8 Å². The van der Waals surface area contributed by atoms with Crippen LogP contribution in [0.2, 0.25) is 0 Å². The van der Waals surface area contributed by atoms with Gasteiger partial charge in [-0.2, -0.15) is 0 Å². The standard InChI is InChI=1S/C18H31NO2/c1-5-9-21-18-8-7-17(13(3)14(18)4)16(6-2)10-15(11-19)12-20/h7-8,15-16,20H,5-6,9-12,19H2,1-4H3. The lowest BCUT2D eigenvalue weighted by Crippen LogP contribution is -2.21. The minimum Gasteiger partial charge on any atom is -0.493 e. The zero-order chi connectivity index (χ0) is 15.8. The largest absolute Gasteiger partial charge is 0.493 e. The summed E-state index contributed by atoms with van der Waals surface area (Å²) < 4.78 is 5.80. The van der Waals surface area contributed by atoms with E-state index in [1.807, 2.05) is 0 Å². The van der Waals surface area contributed by atoms with Gasteiger partial charge in [0.25, 0.3) is 0 Å². The molecule has 0 saturated carbocycles. The minimum atomic E-state index is 0.169. The number of aliphatic hydroxyl groups excluding tert-OH is 1. The van der Waals surface area contributed by atoms with Crippen molar-refractivity contribution in [1.29, 1.82) is 0 Å². The van der Waals surface area contributed by atoms with E-state index < -0.39 is 0 Å². The van der Waals surface area contributed by atoms with Gasteiger partial charge in [0.15, 0.2) is 0 Å². The Morgan fingerprint density at radius 1 is 1.19 bits per heavy atom. The summed E-state index contributed by atoms with van der Waals surface area (Å²) in [5.41, 5.74) is 9.64. The Hall–Kier alpha value is -1.06. The summed E-state index contributed by atoms with van der Waals surface area (Å²) in [5, 5.41) is 9.38. The number of aliphatic hydroxyl groups is 1. The van der Waals surface area contributed by atoms with E-state index in [-0.39, 0.29) is 12.5 Å². The third-order valence-corrected chi connectivity index (χ3v) is 4.38. The van der Waals surface area contributed by atoms with Crippen LogP contribution in [0.5, 0.6) is 5.75 Å². The molecule has 0 radical (unpaired) electrons. The molecule has 0 spiro atoms. The highest BCUT2D eigenvalue weighted by atomic mass is 16.5. The maximum Gasteiger partial charge on any atom is 0.122 e. The average molecular weight is 293 g/mol. The van der Waals surface area contributed by atoms with Gasteiger partial charge in [-0.1, -0.05) is 19.9 Å². The summed E-state index contributed by atoms with van der Waals surface area (Å²) in [5.74, 6) is 1.63. The second-order valence-electron chi connectivity index (χ2n) is 5.88. The summed E-state index contributed by atoms with van der Waals surface area (Å²) in [4.78, 5) is 0. The van der Waals surface area contributed by atoms with Crippen LogP contribution in [-0.4, -0.2) is 24.9 Å². The van der Waals surface area contributed by atoms with Crippen molar-refractivity contribution >= 4 is 0 Å². The molecule has 3 N–H and O–H groups in total. The zero-order valence-corrected chi connectivity index (χ0v) is 14.0. The summed E-state index contributed by atoms with van der Waals surface area (Å²) in [6.45, 7) is 10.1. The van der Waals surface area contributed by atoms with Gasteiger partial charge in [-0.15, -0.1) is 0 Å². The topological polar surface area (TPSA) is 55.5 Å². The molecule has 3 heteroatoms. The van der Waals surface area contributed by atoms with Crippen molar-refractivity contribution in [2.45, 2.75) is 52.9 Å². The third kappa shape index (κ3) is 4.72. The van der Waals surface area contributed by atoms with Crippen molar-refractivity contribution in [3.05, 3.63) is 28.8 Å². The van der Waals surface area contributed by atoms with E-state index in [1.165, 1.54) is 16.7 Å². The van der Waals surface area contributed by atoms with Crippen LogP contribution >= 0.6 is 0 Å². The molecule has 0 bridgehead atoms. The number of rotatable bonds is 9. The van der Waals surface area contributed by atoms with Crippen LogP contribution in [0.4, 0.5) is 0 Å². The van der Waals surface area contributed by atoms with E-state index >= 15 is 0 Å². The van der Waals surface area contributed by atoms with Gasteiger partial charge >= 0.3 is 0 Å². The lowest BCUT2D eigenvalue weighted by atomic mass is 9.84. The Balaban J connectivity index is 2.97. The van der Waals surface area contributed by atoms with Crippen molar-refractivity contribution in [3.63, 3.8) is 0 Å². The van der Waals surface area contributed by atoms with Gasteiger partial charge in [0.05, 0.1) is 6.61 Å². The molecular formula is C18H31NO2. The van der Waals surface area contributed by atoms with E-state index in [4.69, 9.17) is 10.5 Å². The molecule has 0 aromatic heterocycles. The van der Waals surface area contributed by atoms with Gasteiger partial charge in [-0.3, -0.25) is 0 Å². The number of nitrogens with two attached hydrogens (primary N) is 1. The fourth-order valence-electron chi connectivity index (χ4n) is 2.79. The molecule has 0 heterocycles. The predicted molar refractivity (Wildman–Crippen MR) is 89.0 cm³/mol. The van der Waals surface area contributed by atoms with Gasteiger partial charge < -0.3 is 15.6 Å². The van der Waals surface area contributed by atoms with Gasteiger partial charge in [0.1, 0.15) is 5.75 Å². The quantitative estimate of drug-likeness (QED) is 0.732. The van der Waals surface area contributed by atoms with Gasteiger partial charge in [-0.05, 0) is 74.2 Å². The number of benzene rings is 1. The maximum absolute atomic E-state index is 9.38. The van der Waals surface area contributed by atoms with E-state index in [2.05, 4.69) is 39.8 Å². The smallest absolute Gasteiger partial charge is 0.122 e. The molecule has 21 heavy (non-hydrogen) atoms. The fourth-order valence-corrected chi connectivity index (χ4v) is 2.79. The SMILES string of the molecule is CCCOc1ccc(C(CC)CC(CN)CO)c(C)c1C. The molecule has 0 fully saturated rings. The van der Waals surface area contributed by atoms with Gasteiger partial charge in [-0.25, -0.2) is 0 Å². The lowest BCUT2D eigenvalue weighted by molar-refractivity contribution is 0.214. The van der Waals surface area contributed by atoms with Crippen molar-refractivity contribution in [3.8, 4) is 5.75 Å². The molecule has 0 amide bonds. The molecule has 1 aromatic rings. The van der Waals surface area contributed by atoms with Crippen LogP contribution in [0.1, 0.15) is 55.7 Å². The highest BCUT2D eigenvalue weighted by Gasteiger charge is 2.19. The van der Waals surface area contributed by atoms with Crippen molar-refractivity contribution < 1.29 is 9.84 Å². The molecule has 2 unspecified atom stereocenters. The Bertz CT molecular complexity index is 427. The van der Waals surface area contributed by atoms with E-state index in [9.17, 15) is 5.11 Å². The Morgan fingerprint density at radius 3 is 2.43 bits per heavy atom. The van der Waals surface area contributed by atoms with Gasteiger partial charge in [0.2, 0.25) is 0 Å². The monoisotopic (exact) mass is 293 g/mol. The molecule has 1 rings (SSSR count). The molecule has 0 aliphatic carbocycles. The average Bonchev–Trinajstić information content (AvgIpc) is 2.51. The van der Waals surface area contributed by atoms with Crippen LogP contribution in [0.25, 0.3) is 0 Å². The zero-order valence-electron chi connectivity index (χ0n) is 14.0. The molecule has 3 nitrogen and oxygen atoms in total. The van der Waals surface area contributed by atoms with Gasteiger partial charge in [0, 0.05) is 6.61 Å². The first-order valence-corrected chi connectivity index (χ1v) is 8.12. The van der Waals surface area contributed by atoms with E-state index in [0.29, 0.717) is 12.5 Å². The van der Waals surface area contributed by atoms with Crippen LogP contribution in [0.15, 0.2) is 12.1 Å². The minimum absolute atomic E-state index is 0.169. The Morgan fingerprint density at radius 2 is 1.90 bits per heavy atom. The molecule has 0 aliphatic rings. The van der Waals surface area contributed by atoms with E-state index in [1.54, 1.807) is 0 Å². The first-order chi connectivity index (χ1) is 10.1. The Labute approximate surface area is 129 Å². The molecular weight excluding hydrogens is 262 g/mol.